The first-order valence-electron chi connectivity index (χ1n) is 6.75. The Morgan fingerprint density at radius 2 is 2.24 bits per heavy atom. The molecule has 0 bridgehead atoms. The van der Waals surface area contributed by atoms with Crippen molar-refractivity contribution in [2.45, 2.75) is 18.9 Å². The third-order valence-corrected chi connectivity index (χ3v) is 3.50. The fraction of sp³-hybridized carbons (Fsp3) is 0.267. The van der Waals surface area contributed by atoms with E-state index in [-0.39, 0.29) is 18.4 Å². The van der Waals surface area contributed by atoms with Gasteiger partial charge in [-0.25, -0.2) is 4.98 Å². The lowest BCUT2D eigenvalue weighted by Gasteiger charge is -2.11. The number of carbonyl (C=O) groups excluding carboxylic acids is 1. The Morgan fingerprint density at radius 1 is 1.38 bits per heavy atom. The van der Waals surface area contributed by atoms with E-state index in [1.807, 2.05) is 35.0 Å². The van der Waals surface area contributed by atoms with E-state index >= 15 is 0 Å². The molecule has 1 aliphatic rings. The predicted octanol–water partition coefficient (Wildman–Crippen LogP) is 1.02. The fourth-order valence-electron chi connectivity index (χ4n) is 2.48. The number of hydrogen-bond acceptors (Lipinski definition) is 3. The van der Waals surface area contributed by atoms with Gasteiger partial charge in [0.25, 0.3) is 0 Å². The summed E-state index contributed by atoms with van der Waals surface area (Å²) >= 11 is 0. The lowest BCUT2D eigenvalue weighted by atomic mass is 10.1. The van der Waals surface area contributed by atoms with Gasteiger partial charge in [0.1, 0.15) is 5.65 Å². The van der Waals surface area contributed by atoms with Gasteiger partial charge in [0, 0.05) is 18.4 Å². The van der Waals surface area contributed by atoms with Crippen LogP contribution in [0.15, 0.2) is 42.7 Å². The number of aliphatic carboxylic acids is 1. The van der Waals surface area contributed by atoms with Crippen LogP contribution in [0.4, 0.5) is 0 Å². The number of nitrogens with one attached hydrogen (secondary N) is 1. The summed E-state index contributed by atoms with van der Waals surface area (Å²) < 4.78 is 1.86. The van der Waals surface area contributed by atoms with E-state index in [0.717, 1.165) is 5.65 Å². The van der Waals surface area contributed by atoms with Gasteiger partial charge in [-0.15, -0.1) is 0 Å². The summed E-state index contributed by atoms with van der Waals surface area (Å²) in [5.74, 6) is -1.52. The monoisotopic (exact) mass is 285 g/mol. The molecule has 1 aliphatic carbocycles. The first-order chi connectivity index (χ1) is 10.1. The molecule has 108 valence electrons. The number of carboxylic acids is 1. The summed E-state index contributed by atoms with van der Waals surface area (Å²) in [5, 5.41) is 11.7. The average Bonchev–Trinajstić information content (AvgIpc) is 3.04. The molecule has 0 aliphatic heterocycles. The molecule has 2 aromatic heterocycles. The summed E-state index contributed by atoms with van der Waals surface area (Å²) in [5.41, 5.74) is 1.49. The van der Waals surface area contributed by atoms with Crippen LogP contribution >= 0.6 is 0 Å². The number of imidazole rings is 1. The SMILES string of the molecule is O=C(Cc1cn2ccccc2n1)NC1C=CC(C(=O)O)C1. The molecule has 2 atom stereocenters. The maximum atomic E-state index is 12.0. The highest BCUT2D eigenvalue weighted by Crippen LogP contribution is 2.18. The third-order valence-electron chi connectivity index (χ3n) is 3.50. The second-order valence-electron chi connectivity index (χ2n) is 5.11. The zero-order valence-electron chi connectivity index (χ0n) is 11.3. The van der Waals surface area contributed by atoms with Crippen LogP contribution in [0.2, 0.25) is 0 Å². The molecule has 1 amide bonds. The molecule has 0 aromatic carbocycles. The molecule has 0 saturated heterocycles. The van der Waals surface area contributed by atoms with Crippen molar-refractivity contribution in [2.75, 3.05) is 0 Å². The number of aromatic nitrogens is 2. The van der Waals surface area contributed by atoms with Gasteiger partial charge in [0.2, 0.25) is 5.91 Å². The number of carboxylic acid groups (broad SMARTS) is 1. The largest absolute Gasteiger partial charge is 0.481 e. The van der Waals surface area contributed by atoms with Crippen LogP contribution < -0.4 is 5.32 Å². The van der Waals surface area contributed by atoms with Gasteiger partial charge in [-0.05, 0) is 18.6 Å². The number of nitrogens with zero attached hydrogens (tertiary/aromatic N) is 2. The summed E-state index contributed by atoms with van der Waals surface area (Å²) in [6.45, 7) is 0. The van der Waals surface area contributed by atoms with Gasteiger partial charge in [-0.2, -0.15) is 0 Å². The number of hydrogen-bond donors (Lipinski definition) is 2. The van der Waals surface area contributed by atoms with Crippen molar-refractivity contribution < 1.29 is 14.7 Å². The van der Waals surface area contributed by atoms with Crippen LogP contribution in [0, 0.1) is 5.92 Å². The van der Waals surface area contributed by atoms with Crippen molar-refractivity contribution in [3.05, 3.63) is 48.4 Å². The van der Waals surface area contributed by atoms with E-state index in [1.54, 1.807) is 12.2 Å². The van der Waals surface area contributed by atoms with Gasteiger partial charge >= 0.3 is 5.97 Å². The minimum absolute atomic E-state index is 0.154. The Balaban J connectivity index is 1.59. The summed E-state index contributed by atoms with van der Waals surface area (Å²) in [6, 6.07) is 5.45. The second-order valence-corrected chi connectivity index (χ2v) is 5.11. The van der Waals surface area contributed by atoms with Crippen LogP contribution in [0.25, 0.3) is 5.65 Å². The molecule has 3 rings (SSSR count). The first-order valence-corrected chi connectivity index (χ1v) is 6.75. The molecular formula is C15H15N3O3. The average molecular weight is 285 g/mol. The van der Waals surface area contributed by atoms with Crippen LogP contribution in [0.3, 0.4) is 0 Å². The topological polar surface area (TPSA) is 83.7 Å². The summed E-state index contributed by atoms with van der Waals surface area (Å²) in [6.07, 6.45) is 7.65. The van der Waals surface area contributed by atoms with Gasteiger partial charge in [-0.3, -0.25) is 9.59 Å². The van der Waals surface area contributed by atoms with Crippen molar-refractivity contribution >= 4 is 17.5 Å². The molecule has 0 saturated carbocycles. The smallest absolute Gasteiger partial charge is 0.310 e. The van der Waals surface area contributed by atoms with Crippen molar-refractivity contribution in [2.24, 2.45) is 5.92 Å². The minimum atomic E-state index is -0.858. The highest BCUT2D eigenvalue weighted by Gasteiger charge is 2.25. The van der Waals surface area contributed by atoms with Crippen LogP contribution in [0.1, 0.15) is 12.1 Å². The normalized spacial score (nSPS) is 20.8. The Kier molecular flexibility index (Phi) is 3.43. The second kappa shape index (κ2) is 5.40. The highest BCUT2D eigenvalue weighted by atomic mass is 16.4. The van der Waals surface area contributed by atoms with Gasteiger partial charge in [-0.1, -0.05) is 18.2 Å². The quantitative estimate of drug-likeness (QED) is 0.822. The first kappa shape index (κ1) is 13.4. The molecule has 0 radical (unpaired) electrons. The zero-order valence-corrected chi connectivity index (χ0v) is 11.3. The van der Waals surface area contributed by atoms with Gasteiger partial charge in [0.15, 0.2) is 0 Å². The van der Waals surface area contributed by atoms with Crippen molar-refractivity contribution in [3.8, 4) is 0 Å². The Hall–Kier alpha value is -2.63. The lowest BCUT2D eigenvalue weighted by molar-refractivity contribution is -0.140. The van der Waals surface area contributed by atoms with E-state index in [2.05, 4.69) is 10.3 Å². The summed E-state index contributed by atoms with van der Waals surface area (Å²) in [4.78, 5) is 27.2. The molecule has 21 heavy (non-hydrogen) atoms. The highest BCUT2D eigenvalue weighted by molar-refractivity contribution is 5.79. The van der Waals surface area contributed by atoms with Crippen LogP contribution in [-0.2, 0) is 16.0 Å². The maximum Gasteiger partial charge on any atom is 0.310 e. The van der Waals surface area contributed by atoms with E-state index in [9.17, 15) is 9.59 Å². The Bertz CT molecular complexity index is 687. The number of amides is 1. The Morgan fingerprint density at radius 3 is 2.95 bits per heavy atom. The standard InChI is InChI=1S/C15H15N3O3/c19-14(17-11-5-4-10(7-11)15(20)21)8-12-9-18-6-2-1-3-13(18)16-12/h1-6,9-11H,7-8H2,(H,17,19)(H,20,21). The molecule has 2 unspecified atom stereocenters. The molecule has 0 fully saturated rings. The van der Waals surface area contributed by atoms with Crippen molar-refractivity contribution in [3.63, 3.8) is 0 Å². The molecular weight excluding hydrogens is 270 g/mol. The number of rotatable bonds is 4. The zero-order chi connectivity index (χ0) is 14.8. The number of pyridine rings is 1. The fourth-order valence-corrected chi connectivity index (χ4v) is 2.48. The molecule has 2 N–H and O–H groups in total. The molecule has 0 spiro atoms. The van der Waals surface area contributed by atoms with E-state index < -0.39 is 11.9 Å². The van der Waals surface area contributed by atoms with E-state index in [1.165, 1.54) is 0 Å². The molecule has 6 heteroatoms. The predicted molar refractivity (Wildman–Crippen MR) is 75.7 cm³/mol. The number of fused-ring (bicyclic) bond motifs is 1. The minimum Gasteiger partial charge on any atom is -0.481 e. The number of carbonyl (C=O) groups is 2. The molecule has 2 aromatic rings. The van der Waals surface area contributed by atoms with Crippen molar-refractivity contribution in [1.29, 1.82) is 0 Å². The Labute approximate surface area is 121 Å². The van der Waals surface area contributed by atoms with Gasteiger partial charge < -0.3 is 14.8 Å². The maximum absolute atomic E-state index is 12.0. The van der Waals surface area contributed by atoms with E-state index in [4.69, 9.17) is 5.11 Å². The van der Waals surface area contributed by atoms with Crippen molar-refractivity contribution in [1.82, 2.24) is 14.7 Å². The van der Waals surface area contributed by atoms with Gasteiger partial charge in [0.05, 0.1) is 18.0 Å². The molecule has 2 heterocycles. The van der Waals surface area contributed by atoms with Crippen LogP contribution in [0.5, 0.6) is 0 Å². The third kappa shape index (κ3) is 2.94. The van der Waals surface area contributed by atoms with Crippen LogP contribution in [-0.4, -0.2) is 32.4 Å². The summed E-state index contributed by atoms with van der Waals surface area (Å²) in [7, 11) is 0. The lowest BCUT2D eigenvalue weighted by Crippen LogP contribution is -2.34. The van der Waals surface area contributed by atoms with E-state index in [0.29, 0.717) is 12.1 Å². The molecule has 6 nitrogen and oxygen atoms in total.